The fourth-order valence-corrected chi connectivity index (χ4v) is 2.25. The van der Waals surface area contributed by atoms with Gasteiger partial charge in [0.05, 0.1) is 12.7 Å². The van der Waals surface area contributed by atoms with Crippen LogP contribution in [-0.4, -0.2) is 31.6 Å². The van der Waals surface area contributed by atoms with Crippen LogP contribution >= 0.6 is 0 Å². The number of halogens is 2. The highest BCUT2D eigenvalue weighted by atomic mass is 19.1. The molecule has 2 rings (SSSR count). The van der Waals surface area contributed by atoms with Crippen LogP contribution in [-0.2, 0) is 9.53 Å². The summed E-state index contributed by atoms with van der Waals surface area (Å²) >= 11 is 0. The summed E-state index contributed by atoms with van der Waals surface area (Å²) < 4.78 is 30.8. The first-order valence-corrected chi connectivity index (χ1v) is 8.37. The molecule has 0 saturated carbocycles. The van der Waals surface area contributed by atoms with Crippen molar-refractivity contribution < 1.29 is 27.9 Å². The van der Waals surface area contributed by atoms with Gasteiger partial charge in [0.15, 0.2) is 0 Å². The molecule has 0 aliphatic carbocycles. The molecule has 2 aromatic rings. The van der Waals surface area contributed by atoms with Gasteiger partial charge in [-0.3, -0.25) is 14.9 Å². The summed E-state index contributed by atoms with van der Waals surface area (Å²) in [4.78, 5) is 34.8. The molecule has 0 bridgehead atoms. The first-order valence-electron chi connectivity index (χ1n) is 8.37. The van der Waals surface area contributed by atoms with Gasteiger partial charge in [0.1, 0.15) is 11.6 Å². The Morgan fingerprint density at radius 2 is 1.61 bits per heavy atom. The third-order valence-corrected chi connectivity index (χ3v) is 3.64. The largest absolute Gasteiger partial charge is 0.453 e. The molecule has 0 radical (unpaired) electrons. The lowest BCUT2D eigenvalue weighted by molar-refractivity contribution is -0.116. The first-order chi connectivity index (χ1) is 13.4. The first kappa shape index (κ1) is 20.8. The molecule has 0 saturated heterocycles. The highest BCUT2D eigenvalue weighted by Gasteiger charge is 2.12. The lowest BCUT2D eigenvalue weighted by Gasteiger charge is -2.08. The number of amides is 3. The molecule has 0 unspecified atom stereocenters. The quantitative estimate of drug-likeness (QED) is 0.631. The van der Waals surface area contributed by atoms with E-state index >= 15 is 0 Å². The van der Waals surface area contributed by atoms with E-state index in [0.29, 0.717) is 23.9 Å². The van der Waals surface area contributed by atoms with Crippen molar-refractivity contribution in [2.24, 2.45) is 0 Å². The number of rotatable bonds is 7. The monoisotopic (exact) mass is 391 g/mol. The van der Waals surface area contributed by atoms with Crippen molar-refractivity contribution in [3.8, 4) is 0 Å². The number of benzene rings is 2. The van der Waals surface area contributed by atoms with Crippen molar-refractivity contribution in [2.45, 2.75) is 12.8 Å². The molecular formula is C19H19F2N3O4. The topological polar surface area (TPSA) is 96.5 Å². The van der Waals surface area contributed by atoms with E-state index in [0.717, 1.165) is 12.1 Å². The van der Waals surface area contributed by atoms with Crippen LogP contribution in [0.2, 0.25) is 0 Å². The van der Waals surface area contributed by atoms with Crippen LogP contribution in [0.5, 0.6) is 0 Å². The Labute approximate surface area is 160 Å². The van der Waals surface area contributed by atoms with E-state index in [1.54, 1.807) is 24.3 Å². The van der Waals surface area contributed by atoms with Gasteiger partial charge in [0, 0.05) is 30.4 Å². The summed E-state index contributed by atoms with van der Waals surface area (Å²) in [6, 6.07) is 9.12. The highest BCUT2D eigenvalue weighted by molar-refractivity contribution is 5.94. The number of methoxy groups -OCH3 is 1. The van der Waals surface area contributed by atoms with Gasteiger partial charge >= 0.3 is 6.09 Å². The Hall–Kier alpha value is -3.49. The number of hydrogen-bond acceptors (Lipinski definition) is 4. The standard InChI is InChI=1S/C19H19F2N3O4/c1-28-19(27)24-14-7-5-13(6-8-14)23-17(25)3-2-10-22-18(26)15-9-4-12(20)11-16(15)21/h4-9,11H,2-3,10H2,1H3,(H,22,26)(H,23,25)(H,24,27). The molecular weight excluding hydrogens is 372 g/mol. The van der Waals surface area contributed by atoms with Crippen LogP contribution in [0.1, 0.15) is 23.2 Å². The predicted octanol–water partition coefficient (Wildman–Crippen LogP) is 3.29. The van der Waals surface area contributed by atoms with Crippen molar-refractivity contribution in [1.82, 2.24) is 5.32 Å². The average Bonchev–Trinajstić information content (AvgIpc) is 2.66. The normalized spacial score (nSPS) is 10.1. The van der Waals surface area contributed by atoms with E-state index in [1.807, 2.05) is 0 Å². The van der Waals surface area contributed by atoms with Crippen LogP contribution in [0.15, 0.2) is 42.5 Å². The van der Waals surface area contributed by atoms with Gasteiger partial charge in [-0.25, -0.2) is 13.6 Å². The van der Waals surface area contributed by atoms with Crippen molar-refractivity contribution in [1.29, 1.82) is 0 Å². The van der Waals surface area contributed by atoms with Crippen LogP contribution in [0, 0.1) is 11.6 Å². The summed E-state index contributed by atoms with van der Waals surface area (Å²) in [5.41, 5.74) is 0.796. The molecule has 0 spiro atoms. The third-order valence-electron chi connectivity index (χ3n) is 3.64. The fourth-order valence-electron chi connectivity index (χ4n) is 2.25. The molecule has 28 heavy (non-hydrogen) atoms. The van der Waals surface area contributed by atoms with Gasteiger partial charge in [0.2, 0.25) is 5.91 Å². The summed E-state index contributed by atoms with van der Waals surface area (Å²) in [7, 11) is 1.25. The maximum absolute atomic E-state index is 13.5. The minimum Gasteiger partial charge on any atom is -0.453 e. The molecule has 7 nitrogen and oxygen atoms in total. The van der Waals surface area contributed by atoms with Gasteiger partial charge in [-0.15, -0.1) is 0 Å². The number of nitrogens with one attached hydrogen (secondary N) is 3. The van der Waals surface area contributed by atoms with Gasteiger partial charge in [0.25, 0.3) is 5.91 Å². The summed E-state index contributed by atoms with van der Waals surface area (Å²) in [6.07, 6.45) is -0.129. The Balaban J connectivity index is 1.72. The van der Waals surface area contributed by atoms with E-state index in [-0.39, 0.29) is 24.4 Å². The van der Waals surface area contributed by atoms with Crippen LogP contribution in [0.3, 0.4) is 0 Å². The molecule has 3 amide bonds. The zero-order chi connectivity index (χ0) is 20.5. The molecule has 148 valence electrons. The Morgan fingerprint density at radius 1 is 0.964 bits per heavy atom. The molecule has 0 aliphatic heterocycles. The Morgan fingerprint density at radius 3 is 2.21 bits per heavy atom. The average molecular weight is 391 g/mol. The Bertz CT molecular complexity index is 857. The molecule has 0 aromatic heterocycles. The Kier molecular flexibility index (Phi) is 7.44. The number of carbonyl (C=O) groups excluding carboxylic acids is 3. The highest BCUT2D eigenvalue weighted by Crippen LogP contribution is 2.14. The van der Waals surface area contributed by atoms with E-state index in [2.05, 4.69) is 20.7 Å². The maximum atomic E-state index is 13.5. The fraction of sp³-hybridized carbons (Fsp3) is 0.211. The maximum Gasteiger partial charge on any atom is 0.411 e. The smallest absolute Gasteiger partial charge is 0.411 e. The molecule has 2 aromatic carbocycles. The zero-order valence-corrected chi connectivity index (χ0v) is 15.1. The lowest BCUT2D eigenvalue weighted by atomic mass is 10.2. The number of carbonyl (C=O) groups is 3. The van der Waals surface area contributed by atoms with Crippen molar-refractivity contribution in [2.75, 3.05) is 24.3 Å². The van der Waals surface area contributed by atoms with Crippen LogP contribution in [0.4, 0.5) is 25.0 Å². The molecule has 0 aliphatic rings. The lowest BCUT2D eigenvalue weighted by Crippen LogP contribution is -2.26. The summed E-state index contributed by atoms with van der Waals surface area (Å²) in [5.74, 6) is -2.65. The second-order valence-electron chi connectivity index (χ2n) is 5.73. The minimum atomic E-state index is -0.944. The van der Waals surface area contributed by atoms with Gasteiger partial charge < -0.3 is 15.4 Å². The van der Waals surface area contributed by atoms with Crippen molar-refractivity contribution >= 4 is 29.3 Å². The van der Waals surface area contributed by atoms with E-state index in [9.17, 15) is 23.2 Å². The molecule has 0 fully saturated rings. The van der Waals surface area contributed by atoms with Gasteiger partial charge in [-0.1, -0.05) is 0 Å². The van der Waals surface area contributed by atoms with Gasteiger partial charge in [-0.2, -0.15) is 0 Å². The van der Waals surface area contributed by atoms with Crippen LogP contribution < -0.4 is 16.0 Å². The molecule has 0 atom stereocenters. The number of anilines is 2. The number of hydrogen-bond donors (Lipinski definition) is 3. The number of ether oxygens (including phenoxy) is 1. The summed E-state index contributed by atoms with van der Waals surface area (Å²) in [6.45, 7) is 0.158. The van der Waals surface area contributed by atoms with Crippen molar-refractivity contribution in [3.05, 3.63) is 59.7 Å². The SMILES string of the molecule is COC(=O)Nc1ccc(NC(=O)CCCNC(=O)c2ccc(F)cc2F)cc1. The van der Waals surface area contributed by atoms with Gasteiger partial charge in [-0.05, 0) is 42.8 Å². The minimum absolute atomic E-state index is 0.133. The molecule has 3 N–H and O–H groups in total. The third kappa shape index (κ3) is 6.35. The van der Waals surface area contributed by atoms with Crippen molar-refractivity contribution in [3.63, 3.8) is 0 Å². The van der Waals surface area contributed by atoms with E-state index in [1.165, 1.54) is 7.11 Å². The molecule has 0 heterocycles. The second-order valence-corrected chi connectivity index (χ2v) is 5.73. The zero-order valence-electron chi connectivity index (χ0n) is 15.1. The second kappa shape index (κ2) is 10.0. The predicted molar refractivity (Wildman–Crippen MR) is 99.0 cm³/mol. The van der Waals surface area contributed by atoms with E-state index in [4.69, 9.17) is 0 Å². The van der Waals surface area contributed by atoms with Crippen LogP contribution in [0.25, 0.3) is 0 Å². The molecule has 9 heteroatoms. The van der Waals surface area contributed by atoms with E-state index < -0.39 is 23.6 Å². The summed E-state index contributed by atoms with van der Waals surface area (Å²) in [5, 5.41) is 7.63.